The number of carbonyl (C=O) groups excluding carboxylic acids is 1. The Balaban J connectivity index is 1.75. The van der Waals surface area contributed by atoms with Crippen molar-refractivity contribution in [3.05, 3.63) is 57.8 Å². The van der Waals surface area contributed by atoms with E-state index < -0.39 is 5.60 Å². The van der Waals surface area contributed by atoms with Crippen molar-refractivity contribution < 1.29 is 9.90 Å². The molecule has 1 aliphatic heterocycles. The highest BCUT2D eigenvalue weighted by molar-refractivity contribution is 7.12. The molecule has 0 saturated carbocycles. The summed E-state index contributed by atoms with van der Waals surface area (Å²) in [4.78, 5) is 14.1. The van der Waals surface area contributed by atoms with Gasteiger partial charge in [-0.25, -0.2) is 0 Å². The molecule has 4 rings (SSSR count). The predicted octanol–water partition coefficient (Wildman–Crippen LogP) is 3.73. The largest absolute Gasteiger partial charge is 0.378 e. The number of amides is 1. The van der Waals surface area contributed by atoms with Crippen molar-refractivity contribution in [1.82, 2.24) is 10.2 Å². The molecule has 3 aromatic rings. The van der Waals surface area contributed by atoms with E-state index in [4.69, 9.17) is 0 Å². The third-order valence-electron chi connectivity index (χ3n) is 4.32. The Morgan fingerprint density at radius 3 is 2.74 bits per heavy atom. The van der Waals surface area contributed by atoms with Crippen molar-refractivity contribution in [2.24, 2.45) is 0 Å². The summed E-state index contributed by atoms with van der Waals surface area (Å²) in [6.07, 6.45) is 0.366. The monoisotopic (exact) mass is 377 g/mol. The number of thiophene rings is 1. The average Bonchev–Trinajstić information content (AvgIpc) is 3.26. The van der Waals surface area contributed by atoms with Crippen LogP contribution in [0.2, 0.25) is 0 Å². The summed E-state index contributed by atoms with van der Waals surface area (Å²) in [6.45, 7) is 3.31. The van der Waals surface area contributed by atoms with E-state index in [9.17, 15) is 9.90 Å². The molecule has 1 aromatic carbocycles. The molecule has 2 aromatic heterocycles. The lowest BCUT2D eigenvalue weighted by Gasteiger charge is -2.22. The zero-order chi connectivity index (χ0) is 19.0. The number of aromatic amines is 1. The van der Waals surface area contributed by atoms with E-state index in [0.29, 0.717) is 12.2 Å². The molecule has 0 spiro atoms. The molecule has 0 fully saturated rings. The minimum absolute atomic E-state index is 0.0452. The zero-order valence-electron chi connectivity index (χ0n) is 15.0. The molecular formula is C21H19N3O2S. The fourth-order valence-corrected chi connectivity index (χ4v) is 4.12. The number of carbonyl (C=O) groups is 1. The van der Waals surface area contributed by atoms with Gasteiger partial charge in [0.15, 0.2) is 5.82 Å². The smallest absolute Gasteiger partial charge is 0.226 e. The van der Waals surface area contributed by atoms with E-state index in [2.05, 4.69) is 27.4 Å². The summed E-state index contributed by atoms with van der Waals surface area (Å²) in [7, 11) is 0. The summed E-state index contributed by atoms with van der Waals surface area (Å²) in [5.74, 6) is 6.31. The molecule has 0 aliphatic carbocycles. The molecule has 0 saturated heterocycles. The van der Waals surface area contributed by atoms with Gasteiger partial charge in [-0.2, -0.15) is 5.10 Å². The van der Waals surface area contributed by atoms with Gasteiger partial charge in [0.05, 0.1) is 10.6 Å². The Labute approximate surface area is 161 Å². The number of nitrogens with one attached hydrogen (secondary N) is 2. The van der Waals surface area contributed by atoms with Crippen LogP contribution >= 0.6 is 11.3 Å². The third-order valence-corrected chi connectivity index (χ3v) is 5.44. The van der Waals surface area contributed by atoms with Gasteiger partial charge in [0, 0.05) is 22.8 Å². The molecule has 1 aliphatic rings. The zero-order valence-corrected chi connectivity index (χ0v) is 15.9. The summed E-state index contributed by atoms with van der Waals surface area (Å²) in [6, 6.07) is 13.9. The second-order valence-corrected chi connectivity index (χ2v) is 8.16. The Kier molecular flexibility index (Phi) is 4.34. The minimum atomic E-state index is -1.03. The van der Waals surface area contributed by atoms with Crippen molar-refractivity contribution in [1.29, 1.82) is 0 Å². The number of aliphatic hydroxyl groups is 1. The first-order chi connectivity index (χ1) is 12.9. The van der Waals surface area contributed by atoms with Gasteiger partial charge >= 0.3 is 0 Å². The van der Waals surface area contributed by atoms with Crippen LogP contribution in [0.4, 0.5) is 5.82 Å². The molecule has 1 unspecified atom stereocenters. The standard InChI is InChI=1S/C21H19N3O2S/c1-21(2,26)11-10-14-8-9-16(27-14)15-12-17(25)22-20-18(15)19(23-24-20)13-6-4-3-5-7-13/h3-9,15,26H,12H2,1-2H3,(H2,22,23,24,25). The summed E-state index contributed by atoms with van der Waals surface area (Å²) >= 11 is 1.55. The van der Waals surface area contributed by atoms with Crippen LogP contribution in [0.25, 0.3) is 11.3 Å². The number of nitrogens with zero attached hydrogens (tertiary/aromatic N) is 1. The SMILES string of the molecule is CC(C)(O)C#Cc1ccc(C2CC(=O)Nc3n[nH]c(-c4ccccc4)c32)s1. The van der Waals surface area contributed by atoms with Gasteiger partial charge in [0.1, 0.15) is 5.60 Å². The lowest BCUT2D eigenvalue weighted by Crippen LogP contribution is -2.22. The van der Waals surface area contributed by atoms with E-state index in [1.165, 1.54) is 0 Å². The Morgan fingerprint density at radius 2 is 2.00 bits per heavy atom. The number of anilines is 1. The van der Waals surface area contributed by atoms with Crippen LogP contribution in [0.3, 0.4) is 0 Å². The maximum atomic E-state index is 12.2. The van der Waals surface area contributed by atoms with Crippen LogP contribution in [0.5, 0.6) is 0 Å². The second-order valence-electron chi connectivity index (χ2n) is 7.04. The van der Waals surface area contributed by atoms with Gasteiger partial charge in [0.25, 0.3) is 0 Å². The molecular weight excluding hydrogens is 358 g/mol. The van der Waals surface area contributed by atoms with E-state index in [0.717, 1.165) is 26.6 Å². The van der Waals surface area contributed by atoms with E-state index in [1.807, 2.05) is 42.5 Å². The molecule has 0 bridgehead atoms. The molecule has 1 amide bonds. The molecule has 0 radical (unpaired) electrons. The number of rotatable bonds is 2. The van der Waals surface area contributed by atoms with Crippen molar-refractivity contribution >= 4 is 23.1 Å². The van der Waals surface area contributed by atoms with Gasteiger partial charge in [0.2, 0.25) is 5.91 Å². The van der Waals surface area contributed by atoms with Crippen LogP contribution in [0.1, 0.15) is 41.5 Å². The first kappa shape index (κ1) is 17.5. The van der Waals surface area contributed by atoms with Crippen molar-refractivity contribution in [2.75, 3.05) is 5.32 Å². The fraction of sp³-hybridized carbons (Fsp3) is 0.238. The van der Waals surface area contributed by atoms with Crippen LogP contribution in [0, 0.1) is 11.8 Å². The molecule has 3 N–H and O–H groups in total. The number of aromatic nitrogens is 2. The van der Waals surface area contributed by atoms with Crippen LogP contribution in [-0.4, -0.2) is 26.8 Å². The fourth-order valence-electron chi connectivity index (χ4n) is 3.15. The summed E-state index contributed by atoms with van der Waals surface area (Å²) in [5, 5.41) is 20.1. The molecule has 1 atom stereocenters. The van der Waals surface area contributed by atoms with Gasteiger partial charge < -0.3 is 10.4 Å². The molecule has 6 heteroatoms. The minimum Gasteiger partial charge on any atom is -0.378 e. The van der Waals surface area contributed by atoms with Crippen LogP contribution in [0.15, 0.2) is 42.5 Å². The molecule has 136 valence electrons. The number of H-pyrrole nitrogens is 1. The third kappa shape index (κ3) is 3.65. The van der Waals surface area contributed by atoms with Gasteiger partial charge in [-0.05, 0) is 31.5 Å². The van der Waals surface area contributed by atoms with Crippen LogP contribution in [-0.2, 0) is 4.79 Å². The lowest BCUT2D eigenvalue weighted by atomic mass is 9.89. The highest BCUT2D eigenvalue weighted by Crippen LogP contribution is 2.43. The second kappa shape index (κ2) is 6.69. The Hall–Kier alpha value is -2.88. The maximum Gasteiger partial charge on any atom is 0.226 e. The van der Waals surface area contributed by atoms with Gasteiger partial charge in [-0.15, -0.1) is 11.3 Å². The molecule has 27 heavy (non-hydrogen) atoms. The highest BCUT2D eigenvalue weighted by atomic mass is 32.1. The predicted molar refractivity (Wildman–Crippen MR) is 107 cm³/mol. The van der Waals surface area contributed by atoms with E-state index >= 15 is 0 Å². The summed E-state index contributed by atoms with van der Waals surface area (Å²) in [5.41, 5.74) is 1.93. The first-order valence-corrected chi connectivity index (χ1v) is 9.51. The van der Waals surface area contributed by atoms with Gasteiger partial charge in [-0.3, -0.25) is 9.89 Å². The lowest BCUT2D eigenvalue weighted by molar-refractivity contribution is -0.116. The Bertz CT molecular complexity index is 1050. The molecule has 5 nitrogen and oxygen atoms in total. The number of hydrogen-bond donors (Lipinski definition) is 3. The highest BCUT2D eigenvalue weighted by Gasteiger charge is 2.32. The van der Waals surface area contributed by atoms with E-state index in [-0.39, 0.29) is 11.8 Å². The topological polar surface area (TPSA) is 78.0 Å². The van der Waals surface area contributed by atoms with Crippen molar-refractivity contribution in [3.8, 4) is 23.1 Å². The number of benzene rings is 1. The summed E-state index contributed by atoms with van der Waals surface area (Å²) < 4.78 is 0. The van der Waals surface area contributed by atoms with E-state index in [1.54, 1.807) is 25.2 Å². The Morgan fingerprint density at radius 1 is 1.22 bits per heavy atom. The molecule has 3 heterocycles. The maximum absolute atomic E-state index is 12.2. The quantitative estimate of drug-likeness (QED) is 0.596. The first-order valence-electron chi connectivity index (χ1n) is 8.69. The normalized spacial score (nSPS) is 16.3. The van der Waals surface area contributed by atoms with Crippen molar-refractivity contribution in [2.45, 2.75) is 31.8 Å². The number of hydrogen-bond acceptors (Lipinski definition) is 4. The number of fused-ring (bicyclic) bond motifs is 1. The average molecular weight is 377 g/mol. The van der Waals surface area contributed by atoms with Gasteiger partial charge in [-0.1, -0.05) is 42.2 Å². The van der Waals surface area contributed by atoms with Crippen LogP contribution < -0.4 is 5.32 Å². The van der Waals surface area contributed by atoms with Crippen molar-refractivity contribution in [3.63, 3.8) is 0 Å².